The number of anilines is 1. The summed E-state index contributed by atoms with van der Waals surface area (Å²) in [6.07, 6.45) is 2.77. The quantitative estimate of drug-likeness (QED) is 0.439. The SMILES string of the molecule is O=C(/C=C/c1cccc(NC(=O)c2ccccc2Cl)c1)c1ccc(F)c(F)c1. The lowest BCUT2D eigenvalue weighted by Crippen LogP contribution is -2.12. The number of amides is 1. The number of hydrogen-bond donors (Lipinski definition) is 1. The lowest BCUT2D eigenvalue weighted by atomic mass is 10.1. The van der Waals surface area contributed by atoms with E-state index in [9.17, 15) is 18.4 Å². The summed E-state index contributed by atoms with van der Waals surface area (Å²) in [6, 6.07) is 16.5. The van der Waals surface area contributed by atoms with Crippen LogP contribution in [0.2, 0.25) is 5.02 Å². The topological polar surface area (TPSA) is 46.2 Å². The first-order valence-electron chi connectivity index (χ1n) is 8.27. The van der Waals surface area contributed by atoms with Gasteiger partial charge in [-0.05, 0) is 54.1 Å². The number of allylic oxidation sites excluding steroid dienone is 1. The van der Waals surface area contributed by atoms with Gasteiger partial charge in [-0.3, -0.25) is 9.59 Å². The summed E-state index contributed by atoms with van der Waals surface area (Å²) < 4.78 is 26.2. The molecule has 0 aliphatic heterocycles. The van der Waals surface area contributed by atoms with Gasteiger partial charge in [-0.15, -0.1) is 0 Å². The van der Waals surface area contributed by atoms with Crippen LogP contribution in [0.3, 0.4) is 0 Å². The summed E-state index contributed by atoms with van der Waals surface area (Å²) in [5.74, 6) is -2.92. The molecule has 0 bridgehead atoms. The van der Waals surface area contributed by atoms with Gasteiger partial charge in [0.2, 0.25) is 0 Å². The van der Waals surface area contributed by atoms with Gasteiger partial charge in [0.05, 0.1) is 10.6 Å². The van der Waals surface area contributed by atoms with Gasteiger partial charge in [0.15, 0.2) is 17.4 Å². The van der Waals surface area contributed by atoms with E-state index >= 15 is 0 Å². The molecular formula is C22H14ClF2NO2. The first-order chi connectivity index (χ1) is 13.4. The fourth-order valence-corrected chi connectivity index (χ4v) is 2.70. The molecule has 0 unspecified atom stereocenters. The normalized spacial score (nSPS) is 10.8. The standard InChI is InChI=1S/C22H14ClF2NO2/c23-18-7-2-1-6-17(18)22(28)26-16-5-3-4-14(12-16)8-11-21(27)15-9-10-19(24)20(25)13-15/h1-13H,(H,26,28)/b11-8+. The molecule has 1 N–H and O–H groups in total. The third kappa shape index (κ3) is 4.69. The third-order valence-corrected chi connectivity index (χ3v) is 4.22. The van der Waals surface area contributed by atoms with Crippen molar-refractivity contribution >= 4 is 35.1 Å². The van der Waals surface area contributed by atoms with E-state index in [0.717, 1.165) is 12.1 Å². The number of benzene rings is 3. The van der Waals surface area contributed by atoms with Crippen LogP contribution in [0.15, 0.2) is 72.8 Å². The average Bonchev–Trinajstić information content (AvgIpc) is 2.69. The zero-order valence-electron chi connectivity index (χ0n) is 14.5. The summed E-state index contributed by atoms with van der Waals surface area (Å²) in [6.45, 7) is 0. The number of halogens is 3. The Kier molecular flexibility index (Phi) is 5.96. The van der Waals surface area contributed by atoms with Gasteiger partial charge in [0.25, 0.3) is 5.91 Å². The predicted molar refractivity (Wildman–Crippen MR) is 106 cm³/mol. The Morgan fingerprint density at radius 2 is 1.68 bits per heavy atom. The molecule has 3 nitrogen and oxygen atoms in total. The van der Waals surface area contributed by atoms with Crippen LogP contribution in [0.25, 0.3) is 6.08 Å². The number of ketones is 1. The van der Waals surface area contributed by atoms with Crippen LogP contribution in [-0.4, -0.2) is 11.7 Å². The first kappa shape index (κ1) is 19.5. The highest BCUT2D eigenvalue weighted by atomic mass is 35.5. The minimum Gasteiger partial charge on any atom is -0.322 e. The van der Waals surface area contributed by atoms with Gasteiger partial charge < -0.3 is 5.32 Å². The molecule has 0 aliphatic carbocycles. The number of rotatable bonds is 5. The lowest BCUT2D eigenvalue weighted by molar-refractivity contribution is 0.102. The van der Waals surface area contributed by atoms with Crippen molar-refractivity contribution in [3.8, 4) is 0 Å². The van der Waals surface area contributed by atoms with E-state index in [2.05, 4.69) is 5.32 Å². The van der Waals surface area contributed by atoms with Gasteiger partial charge in [-0.2, -0.15) is 0 Å². The van der Waals surface area contributed by atoms with Crippen molar-refractivity contribution < 1.29 is 18.4 Å². The van der Waals surface area contributed by atoms with Crippen molar-refractivity contribution in [2.24, 2.45) is 0 Å². The summed E-state index contributed by atoms with van der Waals surface area (Å²) >= 11 is 6.02. The molecule has 0 saturated carbocycles. The fraction of sp³-hybridized carbons (Fsp3) is 0. The minimum absolute atomic E-state index is 0.0401. The van der Waals surface area contributed by atoms with Gasteiger partial charge in [0, 0.05) is 11.3 Å². The van der Waals surface area contributed by atoms with Crippen LogP contribution in [0.4, 0.5) is 14.5 Å². The van der Waals surface area contributed by atoms with Crippen molar-refractivity contribution in [2.45, 2.75) is 0 Å². The van der Waals surface area contributed by atoms with Gasteiger partial charge in [-0.25, -0.2) is 8.78 Å². The Morgan fingerprint density at radius 1 is 0.893 bits per heavy atom. The second kappa shape index (κ2) is 8.59. The molecule has 0 aromatic heterocycles. The molecule has 0 fully saturated rings. The molecule has 0 spiro atoms. The van der Waals surface area contributed by atoms with Crippen molar-refractivity contribution in [3.63, 3.8) is 0 Å². The Bertz CT molecular complexity index is 1080. The smallest absolute Gasteiger partial charge is 0.257 e. The molecular weight excluding hydrogens is 384 g/mol. The molecule has 0 saturated heterocycles. The maximum atomic E-state index is 13.2. The van der Waals surface area contributed by atoms with Crippen molar-refractivity contribution in [1.29, 1.82) is 0 Å². The highest BCUT2D eigenvalue weighted by molar-refractivity contribution is 6.34. The van der Waals surface area contributed by atoms with E-state index < -0.39 is 17.4 Å². The molecule has 3 aromatic carbocycles. The molecule has 6 heteroatoms. The van der Waals surface area contributed by atoms with Gasteiger partial charge in [0.1, 0.15) is 0 Å². The minimum atomic E-state index is -1.08. The molecule has 0 atom stereocenters. The highest BCUT2D eigenvalue weighted by Crippen LogP contribution is 2.18. The second-order valence-electron chi connectivity index (χ2n) is 5.89. The zero-order valence-corrected chi connectivity index (χ0v) is 15.2. The summed E-state index contributed by atoms with van der Waals surface area (Å²) in [4.78, 5) is 24.4. The molecule has 3 rings (SSSR count). The fourth-order valence-electron chi connectivity index (χ4n) is 2.48. The van der Waals surface area contributed by atoms with Crippen LogP contribution < -0.4 is 5.32 Å². The second-order valence-corrected chi connectivity index (χ2v) is 6.29. The monoisotopic (exact) mass is 397 g/mol. The maximum Gasteiger partial charge on any atom is 0.257 e. The molecule has 1 amide bonds. The Labute approximate surface area is 165 Å². The molecule has 3 aromatic rings. The van der Waals surface area contributed by atoms with E-state index in [0.29, 0.717) is 21.8 Å². The summed E-state index contributed by atoms with van der Waals surface area (Å²) in [5.41, 5.74) is 1.55. The van der Waals surface area contributed by atoms with E-state index in [1.165, 1.54) is 18.2 Å². The number of carbonyl (C=O) groups excluding carboxylic acids is 2. The molecule has 0 radical (unpaired) electrons. The van der Waals surface area contributed by atoms with Crippen LogP contribution in [0.5, 0.6) is 0 Å². The van der Waals surface area contributed by atoms with Gasteiger partial charge >= 0.3 is 0 Å². The zero-order chi connectivity index (χ0) is 20.1. The molecule has 140 valence electrons. The number of hydrogen-bond acceptors (Lipinski definition) is 2. The van der Waals surface area contributed by atoms with Crippen molar-refractivity contribution in [1.82, 2.24) is 0 Å². The van der Waals surface area contributed by atoms with Crippen molar-refractivity contribution in [3.05, 3.63) is 106 Å². The van der Waals surface area contributed by atoms with E-state index in [1.54, 1.807) is 48.5 Å². The van der Waals surface area contributed by atoms with Crippen LogP contribution in [0.1, 0.15) is 26.3 Å². The molecule has 0 aliphatic rings. The Hall–Kier alpha value is -3.31. The lowest BCUT2D eigenvalue weighted by Gasteiger charge is -2.07. The third-order valence-electron chi connectivity index (χ3n) is 3.89. The Morgan fingerprint density at radius 3 is 2.43 bits per heavy atom. The highest BCUT2D eigenvalue weighted by Gasteiger charge is 2.10. The van der Waals surface area contributed by atoms with Crippen LogP contribution >= 0.6 is 11.6 Å². The maximum absolute atomic E-state index is 13.2. The molecule has 0 heterocycles. The van der Waals surface area contributed by atoms with E-state index in [-0.39, 0.29) is 11.5 Å². The Balaban J connectivity index is 1.73. The predicted octanol–water partition coefficient (Wildman–Crippen LogP) is 5.77. The van der Waals surface area contributed by atoms with Crippen LogP contribution in [-0.2, 0) is 0 Å². The van der Waals surface area contributed by atoms with Crippen LogP contribution in [0, 0.1) is 11.6 Å². The largest absolute Gasteiger partial charge is 0.322 e. The van der Waals surface area contributed by atoms with E-state index in [1.807, 2.05) is 0 Å². The summed E-state index contributed by atoms with van der Waals surface area (Å²) in [7, 11) is 0. The summed E-state index contributed by atoms with van der Waals surface area (Å²) in [5, 5.41) is 3.08. The molecule has 28 heavy (non-hydrogen) atoms. The van der Waals surface area contributed by atoms with Crippen molar-refractivity contribution in [2.75, 3.05) is 5.32 Å². The van der Waals surface area contributed by atoms with E-state index in [4.69, 9.17) is 11.6 Å². The number of nitrogens with one attached hydrogen (secondary N) is 1. The first-order valence-corrected chi connectivity index (χ1v) is 8.65. The van der Waals surface area contributed by atoms with Gasteiger partial charge in [-0.1, -0.05) is 41.9 Å². The number of carbonyl (C=O) groups is 2. The average molecular weight is 398 g/mol.